The summed E-state index contributed by atoms with van der Waals surface area (Å²) >= 11 is 0. The lowest BCUT2D eigenvalue weighted by Crippen LogP contribution is -2.45. The topological polar surface area (TPSA) is 24.5 Å². The van der Waals surface area contributed by atoms with Gasteiger partial charge in [0.1, 0.15) is 11.6 Å². The molecule has 0 aliphatic carbocycles. The number of nitrogens with zero attached hydrogens (tertiary/aromatic N) is 1. The van der Waals surface area contributed by atoms with Crippen molar-refractivity contribution in [2.24, 2.45) is 0 Å². The molecule has 2 rings (SSSR count). The summed E-state index contributed by atoms with van der Waals surface area (Å²) in [7, 11) is 1.63. The van der Waals surface area contributed by atoms with Gasteiger partial charge >= 0.3 is 0 Å². The van der Waals surface area contributed by atoms with Crippen molar-refractivity contribution in [2.75, 3.05) is 33.3 Å². The minimum atomic E-state index is -0.115. The highest BCUT2D eigenvalue weighted by atomic mass is 19.1. The summed E-state index contributed by atoms with van der Waals surface area (Å²) < 4.78 is 19.6. The molecule has 0 saturated carbocycles. The summed E-state index contributed by atoms with van der Waals surface area (Å²) in [6.45, 7) is 6.12. The van der Waals surface area contributed by atoms with Crippen LogP contribution in [0.5, 0.6) is 5.75 Å². The second-order valence-corrected chi connectivity index (χ2v) is 5.68. The van der Waals surface area contributed by atoms with E-state index in [0.29, 0.717) is 0 Å². The molecule has 0 bridgehead atoms. The quantitative estimate of drug-likeness (QED) is 0.780. The largest absolute Gasteiger partial charge is 0.497 e. The summed E-state index contributed by atoms with van der Waals surface area (Å²) in [4.78, 5) is 2.41. The highest BCUT2D eigenvalue weighted by Crippen LogP contribution is 2.31. The van der Waals surface area contributed by atoms with Crippen LogP contribution in [-0.4, -0.2) is 38.2 Å². The van der Waals surface area contributed by atoms with Gasteiger partial charge in [0, 0.05) is 37.8 Å². The van der Waals surface area contributed by atoms with Crippen molar-refractivity contribution < 1.29 is 9.13 Å². The minimum absolute atomic E-state index is 0.115. The average molecular weight is 294 g/mol. The smallest absolute Gasteiger partial charge is 0.128 e. The molecule has 3 nitrogen and oxygen atoms in total. The van der Waals surface area contributed by atoms with Crippen LogP contribution in [0.3, 0.4) is 0 Å². The maximum absolute atomic E-state index is 14.3. The van der Waals surface area contributed by atoms with Gasteiger partial charge in [-0.1, -0.05) is 26.2 Å². The van der Waals surface area contributed by atoms with E-state index in [1.54, 1.807) is 13.2 Å². The second-order valence-electron chi connectivity index (χ2n) is 5.68. The predicted octanol–water partition coefficient (Wildman–Crippen LogP) is 3.36. The van der Waals surface area contributed by atoms with Crippen LogP contribution in [0.4, 0.5) is 4.39 Å². The van der Waals surface area contributed by atoms with Crippen LogP contribution < -0.4 is 10.1 Å². The Morgan fingerprint density at radius 1 is 1.29 bits per heavy atom. The number of unbranched alkanes of at least 4 members (excludes halogenated alkanes) is 2. The van der Waals surface area contributed by atoms with Gasteiger partial charge in [-0.15, -0.1) is 0 Å². The molecular formula is C17H27FN2O. The van der Waals surface area contributed by atoms with Crippen molar-refractivity contribution in [1.82, 2.24) is 10.2 Å². The first-order valence-corrected chi connectivity index (χ1v) is 8.04. The van der Waals surface area contributed by atoms with Crippen molar-refractivity contribution in [3.8, 4) is 5.75 Å². The molecule has 1 fully saturated rings. The van der Waals surface area contributed by atoms with Gasteiger partial charge in [0.15, 0.2) is 0 Å². The molecule has 0 amide bonds. The van der Waals surface area contributed by atoms with Crippen molar-refractivity contribution in [3.05, 3.63) is 29.6 Å². The van der Waals surface area contributed by atoms with Crippen LogP contribution >= 0.6 is 0 Å². The first-order chi connectivity index (χ1) is 10.3. The molecule has 1 N–H and O–H groups in total. The third-order valence-corrected chi connectivity index (χ3v) is 4.24. The van der Waals surface area contributed by atoms with E-state index < -0.39 is 0 Å². The fraction of sp³-hybridized carbons (Fsp3) is 0.647. The Labute approximate surface area is 127 Å². The molecular weight excluding hydrogens is 267 g/mol. The zero-order valence-corrected chi connectivity index (χ0v) is 13.2. The van der Waals surface area contributed by atoms with Crippen molar-refractivity contribution in [1.29, 1.82) is 0 Å². The Kier molecular flexibility index (Phi) is 6.46. The lowest BCUT2D eigenvalue weighted by molar-refractivity contribution is 0.159. The molecule has 1 aliphatic rings. The maximum atomic E-state index is 14.3. The van der Waals surface area contributed by atoms with Crippen LogP contribution in [0, 0.1) is 5.82 Å². The zero-order valence-electron chi connectivity index (χ0n) is 13.2. The Morgan fingerprint density at radius 2 is 2.05 bits per heavy atom. The van der Waals surface area contributed by atoms with E-state index >= 15 is 0 Å². The zero-order chi connectivity index (χ0) is 15.1. The van der Waals surface area contributed by atoms with Gasteiger partial charge in [0.2, 0.25) is 0 Å². The van der Waals surface area contributed by atoms with Gasteiger partial charge in [0.05, 0.1) is 7.11 Å². The Bertz CT molecular complexity index is 433. The molecule has 1 heterocycles. The Balaban J connectivity index is 2.20. The van der Waals surface area contributed by atoms with Gasteiger partial charge in [0.25, 0.3) is 0 Å². The second kappa shape index (κ2) is 8.35. The SMILES string of the molecule is CCCCC[C@@H](c1cc(OC)ccc1F)N1CCNCC1. The maximum Gasteiger partial charge on any atom is 0.128 e. The molecule has 1 atom stereocenters. The molecule has 1 aliphatic heterocycles. The van der Waals surface area contributed by atoms with Gasteiger partial charge in [-0.2, -0.15) is 0 Å². The highest BCUT2D eigenvalue weighted by Gasteiger charge is 2.24. The number of hydrogen-bond acceptors (Lipinski definition) is 3. The van der Waals surface area contributed by atoms with E-state index in [1.165, 1.54) is 18.9 Å². The molecule has 118 valence electrons. The molecule has 0 unspecified atom stereocenters. The van der Waals surface area contributed by atoms with Crippen LogP contribution in [-0.2, 0) is 0 Å². The van der Waals surface area contributed by atoms with Crippen LogP contribution in [0.25, 0.3) is 0 Å². The van der Waals surface area contributed by atoms with Gasteiger partial charge in [-0.05, 0) is 24.6 Å². The van der Waals surface area contributed by atoms with Gasteiger partial charge in [-0.3, -0.25) is 4.90 Å². The first-order valence-electron chi connectivity index (χ1n) is 8.04. The molecule has 21 heavy (non-hydrogen) atoms. The van der Waals surface area contributed by atoms with E-state index in [-0.39, 0.29) is 11.9 Å². The number of ether oxygens (including phenoxy) is 1. The molecule has 0 aromatic heterocycles. The van der Waals surface area contributed by atoms with Crippen molar-refractivity contribution >= 4 is 0 Å². The fourth-order valence-electron chi connectivity index (χ4n) is 3.02. The normalized spacial score (nSPS) is 17.7. The monoisotopic (exact) mass is 294 g/mol. The third kappa shape index (κ3) is 4.42. The summed E-state index contributed by atoms with van der Waals surface area (Å²) in [5.41, 5.74) is 0.785. The number of halogens is 1. The van der Waals surface area contributed by atoms with E-state index in [1.807, 2.05) is 6.07 Å². The summed E-state index contributed by atoms with van der Waals surface area (Å²) in [5.74, 6) is 0.623. The number of piperazine rings is 1. The molecule has 4 heteroatoms. The number of methoxy groups -OCH3 is 1. The first kappa shape index (κ1) is 16.2. The fourth-order valence-corrected chi connectivity index (χ4v) is 3.02. The number of hydrogen-bond donors (Lipinski definition) is 1. The highest BCUT2D eigenvalue weighted by molar-refractivity contribution is 5.32. The average Bonchev–Trinajstić information content (AvgIpc) is 2.53. The molecule has 1 aromatic rings. The number of rotatable bonds is 7. The van der Waals surface area contributed by atoms with Gasteiger partial charge < -0.3 is 10.1 Å². The Morgan fingerprint density at radius 3 is 2.71 bits per heavy atom. The minimum Gasteiger partial charge on any atom is -0.497 e. The standard InChI is InChI=1S/C17H27FN2O/c1-3-4-5-6-17(20-11-9-19-10-12-20)15-13-14(21-2)7-8-16(15)18/h7-8,13,17,19H,3-6,9-12H2,1-2H3/t17-/m0/s1. The van der Waals surface area contributed by atoms with Crippen LogP contribution in [0.1, 0.15) is 44.2 Å². The summed E-state index contributed by atoms with van der Waals surface area (Å²) in [5, 5.41) is 3.37. The third-order valence-electron chi connectivity index (χ3n) is 4.24. The van der Waals surface area contributed by atoms with Crippen molar-refractivity contribution in [2.45, 2.75) is 38.6 Å². The number of nitrogens with one attached hydrogen (secondary N) is 1. The van der Waals surface area contributed by atoms with Crippen LogP contribution in [0.15, 0.2) is 18.2 Å². The molecule has 1 aromatic carbocycles. The molecule has 0 radical (unpaired) electrons. The van der Waals surface area contributed by atoms with E-state index in [4.69, 9.17) is 4.74 Å². The molecule has 0 spiro atoms. The lowest BCUT2D eigenvalue weighted by atomic mass is 9.97. The Hall–Kier alpha value is -1.13. The van der Waals surface area contributed by atoms with Crippen LogP contribution in [0.2, 0.25) is 0 Å². The van der Waals surface area contributed by atoms with Gasteiger partial charge in [-0.25, -0.2) is 4.39 Å². The van der Waals surface area contributed by atoms with Crippen molar-refractivity contribution in [3.63, 3.8) is 0 Å². The number of benzene rings is 1. The lowest BCUT2D eigenvalue weighted by Gasteiger charge is -2.35. The predicted molar refractivity (Wildman–Crippen MR) is 84.3 cm³/mol. The molecule has 1 saturated heterocycles. The van der Waals surface area contributed by atoms with E-state index in [2.05, 4.69) is 17.1 Å². The summed E-state index contributed by atoms with van der Waals surface area (Å²) in [6.07, 6.45) is 4.54. The summed E-state index contributed by atoms with van der Waals surface area (Å²) in [6, 6.07) is 5.25. The van der Waals surface area contributed by atoms with E-state index in [9.17, 15) is 4.39 Å². The van der Waals surface area contributed by atoms with E-state index in [0.717, 1.165) is 50.3 Å².